The van der Waals surface area contributed by atoms with Crippen LogP contribution in [0.2, 0.25) is 0 Å². The van der Waals surface area contributed by atoms with E-state index >= 15 is 0 Å². The number of terminal acetylenes is 1. The van der Waals surface area contributed by atoms with E-state index in [9.17, 15) is 9.59 Å². The number of aliphatic carboxylic acids is 1. The van der Waals surface area contributed by atoms with E-state index in [0.717, 1.165) is 8.66 Å². The van der Waals surface area contributed by atoms with Crippen molar-refractivity contribution in [1.29, 1.82) is 0 Å². The van der Waals surface area contributed by atoms with Gasteiger partial charge in [-0.25, -0.2) is 9.59 Å². The van der Waals surface area contributed by atoms with Crippen molar-refractivity contribution < 1.29 is 14.7 Å². The van der Waals surface area contributed by atoms with Gasteiger partial charge in [0.1, 0.15) is 6.04 Å². The molecule has 0 aromatic carbocycles. The highest BCUT2D eigenvalue weighted by atomic mass is 79.9. The van der Waals surface area contributed by atoms with Gasteiger partial charge in [0.25, 0.3) is 0 Å². The number of nitrogens with one attached hydrogen (secondary N) is 2. The molecule has 1 unspecified atom stereocenters. The largest absolute Gasteiger partial charge is 0.480 e. The van der Waals surface area contributed by atoms with E-state index < -0.39 is 18.0 Å². The van der Waals surface area contributed by atoms with Crippen LogP contribution in [0.15, 0.2) is 15.9 Å². The Morgan fingerprint density at radius 2 is 2.28 bits per heavy atom. The minimum Gasteiger partial charge on any atom is -0.480 e. The van der Waals surface area contributed by atoms with Crippen LogP contribution in [-0.4, -0.2) is 23.1 Å². The van der Waals surface area contributed by atoms with Crippen LogP contribution < -0.4 is 10.6 Å². The number of amides is 2. The Balaban J connectivity index is 2.41. The average molecular weight is 331 g/mol. The number of hydrogen-bond donors (Lipinski definition) is 3. The summed E-state index contributed by atoms with van der Waals surface area (Å²) in [6, 6.07) is 2.12. The molecular formula is C11H11BrN2O3S. The summed E-state index contributed by atoms with van der Waals surface area (Å²) in [4.78, 5) is 23.2. The number of urea groups is 1. The molecule has 0 radical (unpaired) electrons. The smallest absolute Gasteiger partial charge is 0.327 e. The minimum absolute atomic E-state index is 0.0483. The van der Waals surface area contributed by atoms with Gasteiger partial charge in [-0.1, -0.05) is 0 Å². The highest BCUT2D eigenvalue weighted by Crippen LogP contribution is 2.21. The molecule has 3 N–H and O–H groups in total. The summed E-state index contributed by atoms with van der Waals surface area (Å²) < 4.78 is 0.968. The summed E-state index contributed by atoms with van der Waals surface area (Å²) >= 11 is 4.80. The van der Waals surface area contributed by atoms with Crippen LogP contribution in [0, 0.1) is 12.3 Å². The number of carbonyl (C=O) groups excluding carboxylic acids is 1. The van der Waals surface area contributed by atoms with Crippen molar-refractivity contribution in [3.8, 4) is 12.3 Å². The van der Waals surface area contributed by atoms with E-state index in [1.54, 1.807) is 0 Å². The minimum atomic E-state index is -1.15. The molecule has 1 aromatic heterocycles. The maximum atomic E-state index is 11.5. The molecule has 96 valence electrons. The quantitative estimate of drug-likeness (QED) is 0.720. The van der Waals surface area contributed by atoms with E-state index in [1.165, 1.54) is 11.3 Å². The Morgan fingerprint density at radius 1 is 1.56 bits per heavy atom. The molecule has 1 rings (SSSR count). The second kappa shape index (κ2) is 7.03. The van der Waals surface area contributed by atoms with Crippen LogP contribution in [-0.2, 0) is 11.3 Å². The van der Waals surface area contributed by atoms with Crippen molar-refractivity contribution >= 4 is 39.3 Å². The number of carbonyl (C=O) groups is 2. The number of halogens is 1. The van der Waals surface area contributed by atoms with E-state index in [2.05, 4.69) is 32.5 Å². The SMILES string of the molecule is C#CCC(NC(=O)NCc1ccc(Br)s1)C(=O)O. The highest BCUT2D eigenvalue weighted by molar-refractivity contribution is 9.11. The number of carboxylic acids is 1. The van der Waals surface area contributed by atoms with Gasteiger partial charge in [0.2, 0.25) is 0 Å². The Hall–Kier alpha value is -1.52. The summed E-state index contributed by atoms with van der Waals surface area (Å²) in [5.74, 6) is 1.05. The summed E-state index contributed by atoms with van der Waals surface area (Å²) in [5.41, 5.74) is 0. The first-order chi connectivity index (χ1) is 8.52. The van der Waals surface area contributed by atoms with Crippen LogP contribution in [0.5, 0.6) is 0 Å². The van der Waals surface area contributed by atoms with E-state index in [4.69, 9.17) is 11.5 Å². The molecule has 0 bridgehead atoms. The maximum absolute atomic E-state index is 11.5. The van der Waals surface area contributed by atoms with Crippen LogP contribution >= 0.6 is 27.3 Å². The molecule has 1 heterocycles. The van der Waals surface area contributed by atoms with Gasteiger partial charge < -0.3 is 15.7 Å². The molecule has 0 saturated heterocycles. The lowest BCUT2D eigenvalue weighted by Crippen LogP contribution is -2.45. The van der Waals surface area contributed by atoms with Crippen LogP contribution in [0.4, 0.5) is 4.79 Å². The Bertz CT molecular complexity index is 481. The Kier molecular flexibility index (Phi) is 5.68. The monoisotopic (exact) mass is 330 g/mol. The van der Waals surface area contributed by atoms with Crippen molar-refractivity contribution in [3.63, 3.8) is 0 Å². The van der Waals surface area contributed by atoms with Crippen LogP contribution in [0.25, 0.3) is 0 Å². The first-order valence-electron chi connectivity index (χ1n) is 4.97. The normalized spacial score (nSPS) is 11.3. The summed E-state index contributed by atoms with van der Waals surface area (Å²) in [5, 5.41) is 13.7. The molecular weight excluding hydrogens is 320 g/mol. The topological polar surface area (TPSA) is 78.4 Å². The second-order valence-corrected chi connectivity index (χ2v) is 5.88. The molecule has 0 aliphatic rings. The lowest BCUT2D eigenvalue weighted by atomic mass is 10.2. The molecule has 7 heteroatoms. The van der Waals surface area contributed by atoms with E-state index in [0.29, 0.717) is 6.54 Å². The lowest BCUT2D eigenvalue weighted by Gasteiger charge is -2.12. The van der Waals surface area contributed by atoms with Crippen molar-refractivity contribution in [2.24, 2.45) is 0 Å². The third kappa shape index (κ3) is 4.77. The third-order valence-electron chi connectivity index (χ3n) is 1.98. The van der Waals surface area contributed by atoms with Gasteiger partial charge in [-0.2, -0.15) is 0 Å². The molecule has 0 aliphatic heterocycles. The molecule has 0 saturated carbocycles. The van der Waals surface area contributed by atoms with Gasteiger partial charge in [-0.05, 0) is 28.1 Å². The molecule has 1 atom stereocenters. The van der Waals surface area contributed by atoms with Gasteiger partial charge >= 0.3 is 12.0 Å². The number of rotatable bonds is 5. The van der Waals surface area contributed by atoms with Crippen LogP contribution in [0.3, 0.4) is 0 Å². The first kappa shape index (κ1) is 14.5. The van der Waals surface area contributed by atoms with E-state index in [-0.39, 0.29) is 6.42 Å². The fourth-order valence-electron chi connectivity index (χ4n) is 1.14. The van der Waals surface area contributed by atoms with Crippen LogP contribution in [0.1, 0.15) is 11.3 Å². The van der Waals surface area contributed by atoms with Crippen molar-refractivity contribution in [3.05, 3.63) is 20.8 Å². The molecule has 0 fully saturated rings. The summed E-state index contributed by atoms with van der Waals surface area (Å²) in [6.45, 7) is 0.338. The molecule has 0 spiro atoms. The van der Waals surface area contributed by atoms with Gasteiger partial charge in [0.15, 0.2) is 0 Å². The number of carboxylic acid groups (broad SMARTS) is 1. The maximum Gasteiger partial charge on any atom is 0.327 e. The Morgan fingerprint density at radius 3 is 2.78 bits per heavy atom. The second-order valence-electron chi connectivity index (χ2n) is 3.33. The predicted octanol–water partition coefficient (Wildman–Crippen LogP) is 1.79. The first-order valence-corrected chi connectivity index (χ1v) is 6.58. The fraction of sp³-hybridized carbons (Fsp3) is 0.273. The van der Waals surface area contributed by atoms with Gasteiger partial charge in [0.05, 0.1) is 10.3 Å². The zero-order valence-electron chi connectivity index (χ0n) is 9.27. The van der Waals surface area contributed by atoms with Gasteiger partial charge in [0, 0.05) is 11.3 Å². The van der Waals surface area contributed by atoms with Crippen molar-refractivity contribution in [1.82, 2.24) is 10.6 Å². The Labute approximate surface area is 117 Å². The molecule has 2 amide bonds. The van der Waals surface area contributed by atoms with E-state index in [1.807, 2.05) is 12.1 Å². The molecule has 0 aliphatic carbocycles. The standard InChI is InChI=1S/C11H11BrN2O3S/c1-2-3-8(10(15)16)14-11(17)13-6-7-4-5-9(12)18-7/h1,4-5,8H,3,6H2,(H,15,16)(H2,13,14,17). The van der Waals surface area contributed by atoms with Crippen molar-refractivity contribution in [2.45, 2.75) is 19.0 Å². The number of hydrogen-bond acceptors (Lipinski definition) is 3. The highest BCUT2D eigenvalue weighted by Gasteiger charge is 2.18. The third-order valence-corrected chi connectivity index (χ3v) is 3.60. The summed E-state index contributed by atoms with van der Waals surface area (Å²) in [7, 11) is 0. The zero-order valence-corrected chi connectivity index (χ0v) is 11.7. The number of thiophene rings is 1. The molecule has 5 nitrogen and oxygen atoms in total. The molecule has 18 heavy (non-hydrogen) atoms. The van der Waals surface area contributed by atoms with Gasteiger partial charge in [-0.15, -0.1) is 23.7 Å². The fourth-order valence-corrected chi connectivity index (χ4v) is 2.56. The predicted molar refractivity (Wildman–Crippen MR) is 72.3 cm³/mol. The summed E-state index contributed by atoms with van der Waals surface area (Å²) in [6.07, 6.45) is 4.97. The lowest BCUT2D eigenvalue weighted by molar-refractivity contribution is -0.139. The average Bonchev–Trinajstić information content (AvgIpc) is 2.72. The zero-order chi connectivity index (χ0) is 13.5. The molecule has 1 aromatic rings. The van der Waals surface area contributed by atoms with Gasteiger partial charge in [-0.3, -0.25) is 0 Å². The van der Waals surface area contributed by atoms with Crippen molar-refractivity contribution in [2.75, 3.05) is 0 Å².